The molecule has 0 aliphatic heterocycles. The van der Waals surface area contributed by atoms with Crippen LogP contribution < -0.4 is 10.2 Å². The number of carbonyl (C=O) groups excluding carboxylic acids is 2. The molecule has 60 N–H and O–H groups in total. The first-order chi connectivity index (χ1) is 27.9. The summed E-state index contributed by atoms with van der Waals surface area (Å²) in [6.45, 7) is 0. The standard InChI is InChI=1S/4C7H6O6S.C2H2O4.2Eu.20H2O/c4*8-5-3-4(7(9)10)1-2-6(5)14(11,12)13;3-1(4)2(5)6;;;;;;;;;;;;;;;;;;;;;;/h4*1-3,8H,(H,9,10)(H,11,12,13);(H,3,4)(H,5,6);;;20*1H2/q;;;;;2*+3;;;;;;;;;;;;;;;;;;;;/p+6. The van der Waals surface area contributed by atoms with E-state index in [1.54, 1.807) is 0 Å². The molecule has 0 saturated heterocycles. The van der Waals surface area contributed by atoms with Gasteiger partial charge in [0.2, 0.25) is 0 Å². The molecule has 54 heteroatoms. The van der Waals surface area contributed by atoms with Crippen LogP contribution >= 0.6 is 0 Å². The molecule has 0 fully saturated rings. The molecular weight excluding hydrogens is 1560 g/mol. The van der Waals surface area contributed by atoms with Crippen LogP contribution in [-0.2, 0) is 116 Å². The molecule has 0 aromatic heterocycles. The van der Waals surface area contributed by atoms with E-state index >= 15 is 0 Å². The molecule has 4 aromatic rings. The Morgan fingerprint density at radius 2 is 0.393 bits per heavy atom. The van der Waals surface area contributed by atoms with E-state index < -0.39 is 119 Å². The fourth-order valence-corrected chi connectivity index (χ4v) is 5.65. The molecule has 84 heavy (non-hydrogen) atoms. The van der Waals surface area contributed by atoms with Crippen LogP contribution in [0.25, 0.3) is 0 Å². The Kier molecular flexibility index (Phi) is 117. The molecule has 0 bridgehead atoms. The van der Waals surface area contributed by atoms with Gasteiger partial charge in [-0.2, -0.15) is 0 Å². The van der Waals surface area contributed by atoms with Crippen molar-refractivity contribution in [1.82, 2.24) is 0 Å². The monoisotopic (exact) mass is 1630 g/mol. The van der Waals surface area contributed by atoms with Gasteiger partial charge in [0.15, 0.2) is 0 Å². The van der Waals surface area contributed by atoms with Gasteiger partial charge in [-0.05, 0) is 72.8 Å². The van der Waals surface area contributed by atoms with Gasteiger partial charge in [-0.3, -0.25) is 0 Å². The predicted octanol–water partition coefficient (Wildman–Crippen LogP) is -21.2. The number of hydrogen-bond acceptors (Lipinski definition) is 24. The maximum atomic E-state index is 10.5. The minimum absolute atomic E-state index is 0. The second-order valence-corrected chi connectivity index (χ2v) is 15.7. The molecule has 0 atom stereocenters. The second-order valence-electron chi connectivity index (χ2n) is 10.3. The molecule has 0 saturated carbocycles. The van der Waals surface area contributed by atoms with Gasteiger partial charge >= 0.3 is 123 Å². The van der Waals surface area contributed by atoms with E-state index in [4.69, 9.17) is 60.7 Å². The van der Waals surface area contributed by atoms with Crippen molar-refractivity contribution in [3.63, 3.8) is 0 Å². The molecule has 4 rings (SSSR count). The van der Waals surface area contributed by atoms with E-state index in [1.807, 2.05) is 0 Å². The number of carbonyl (C=O) groups is 6. The second kappa shape index (κ2) is 63.9. The van der Waals surface area contributed by atoms with Crippen LogP contribution in [0.2, 0.25) is 0 Å². The maximum Gasteiger partial charge on any atom is 3.00 e. The Bertz CT molecular complexity index is 2500. The van der Waals surface area contributed by atoms with Crippen LogP contribution in [0.5, 0.6) is 23.0 Å². The van der Waals surface area contributed by atoms with E-state index in [1.165, 1.54) is 0 Å². The van der Waals surface area contributed by atoms with Gasteiger partial charge in [-0.1, -0.05) is 0 Å². The van der Waals surface area contributed by atoms with Crippen LogP contribution in [0.15, 0.2) is 92.4 Å². The van der Waals surface area contributed by atoms with Crippen molar-refractivity contribution in [2.75, 3.05) is 0 Å². The van der Waals surface area contributed by atoms with Gasteiger partial charge in [0, 0.05) is 0 Å². The summed E-state index contributed by atoms with van der Waals surface area (Å²) in [6, 6.07) is 9.50. The molecule has 0 unspecified atom stereocenters. The minimum atomic E-state index is -4.77. The zero-order valence-corrected chi connectivity index (χ0v) is 49.1. The molecular formula is C30H72Eu2O48S4+12. The third-order valence-corrected chi connectivity index (χ3v) is 9.60. The number of phenolic OH excluding ortho intramolecular Hbond substituents is 4. The molecule has 506 valence electrons. The van der Waals surface area contributed by atoms with Crippen molar-refractivity contribution in [3.8, 4) is 23.0 Å². The number of rotatable bonds is 8. The maximum absolute atomic E-state index is 10.5. The molecule has 0 aliphatic carbocycles. The minimum Gasteiger partial charge on any atom is -0.744 e. The third-order valence-electron chi connectivity index (χ3n) is 6.07. The van der Waals surface area contributed by atoms with Gasteiger partial charge < -0.3 is 188 Å². The summed E-state index contributed by atoms with van der Waals surface area (Å²) in [5.41, 5.74) is -1.19. The van der Waals surface area contributed by atoms with Crippen LogP contribution in [0.1, 0.15) is 41.4 Å². The SMILES string of the molecule is O.O.O.O.O.O.O.O.O=C(O)c1ccc(S(=O)(=O)[O-])c(O)c1.O=C(O)c1ccc(S(=O)(=O)[O-])c(O)c1.O=C(O)c1ccc(S(=O)(=O)[O-])c(O)c1.O=C(O)c1ccc(S(=O)(=O)[O-])c(O)c1.O=C([O-])C(=O)[O-].[Eu+3].[Eu+3].[OH3+].[OH3+].[OH3+].[OH3+].[OH3+].[OH3+].[OH3+].[OH3+].[OH3+].[OH3+].[OH3+].[OH3+]. The molecule has 0 aliphatic rings. The molecule has 0 spiro atoms. The quantitative estimate of drug-likeness (QED) is 0.0461. The van der Waals surface area contributed by atoms with Crippen molar-refractivity contribution in [1.29, 1.82) is 0 Å². The molecule has 0 radical (unpaired) electrons. The zero-order chi connectivity index (χ0) is 48.9. The van der Waals surface area contributed by atoms with Crippen molar-refractivity contribution in [3.05, 3.63) is 95.1 Å². The van der Waals surface area contributed by atoms with Crippen LogP contribution in [-0.4, -0.2) is 172 Å². The number of aliphatic carboxylic acids is 2. The third kappa shape index (κ3) is 53.6. The summed E-state index contributed by atoms with van der Waals surface area (Å²) >= 11 is 0. The smallest absolute Gasteiger partial charge is 0.744 e. The summed E-state index contributed by atoms with van der Waals surface area (Å²) in [4.78, 5) is 56.0. The van der Waals surface area contributed by atoms with Crippen LogP contribution in [0, 0.1) is 98.8 Å². The summed E-state index contributed by atoms with van der Waals surface area (Å²) in [5, 5.41) is 87.8. The first-order valence-corrected chi connectivity index (χ1v) is 20.1. The normalized spacial score (nSPS) is 8.00. The Hall–Kier alpha value is -5.09. The zero-order valence-electron chi connectivity index (χ0n) is 41.0. The van der Waals surface area contributed by atoms with Gasteiger partial charge in [0.05, 0.1) is 53.8 Å². The number of carboxylic acids is 6. The summed E-state index contributed by atoms with van der Waals surface area (Å²) in [7, 11) is -19.1. The fraction of sp³-hybridized carbons (Fsp3) is 0. The Morgan fingerprint density at radius 1 is 0.286 bits per heavy atom. The molecule has 48 nitrogen and oxygen atoms in total. The Morgan fingerprint density at radius 3 is 0.452 bits per heavy atom. The molecule has 0 heterocycles. The summed E-state index contributed by atoms with van der Waals surface area (Å²) < 4.78 is 126. The summed E-state index contributed by atoms with van der Waals surface area (Å²) in [6.07, 6.45) is 0. The first kappa shape index (κ1) is 153. The van der Waals surface area contributed by atoms with Crippen molar-refractivity contribution in [2.45, 2.75) is 19.6 Å². The van der Waals surface area contributed by atoms with Crippen LogP contribution in [0.4, 0.5) is 0 Å². The van der Waals surface area contributed by atoms with E-state index in [-0.39, 0.29) is 231 Å². The van der Waals surface area contributed by atoms with Crippen molar-refractivity contribution in [2.24, 2.45) is 0 Å². The van der Waals surface area contributed by atoms with Gasteiger partial charge in [-0.15, -0.1) is 0 Å². The van der Waals surface area contributed by atoms with Gasteiger partial charge in [-0.25, -0.2) is 52.8 Å². The van der Waals surface area contributed by atoms with E-state index in [0.29, 0.717) is 24.3 Å². The van der Waals surface area contributed by atoms with E-state index in [0.717, 1.165) is 48.5 Å². The summed E-state index contributed by atoms with van der Waals surface area (Å²) in [5.74, 6) is -13.1. The number of carboxylic acid groups (broad SMARTS) is 6. The van der Waals surface area contributed by atoms with Gasteiger partial charge in [0.1, 0.15) is 63.5 Å². The van der Waals surface area contributed by atoms with Crippen LogP contribution in [0.3, 0.4) is 0 Å². The molecule has 4 aromatic carbocycles. The average Bonchev–Trinajstić information content (AvgIpc) is 3.10. The van der Waals surface area contributed by atoms with Crippen molar-refractivity contribution >= 4 is 76.3 Å². The predicted molar refractivity (Wildman–Crippen MR) is 269 cm³/mol. The Labute approximate surface area is 548 Å². The van der Waals surface area contributed by atoms with Gasteiger partial charge in [0.25, 0.3) is 0 Å². The fourth-order valence-electron chi connectivity index (χ4n) is 3.45. The topological polar surface area (TPSA) is 1190 Å². The number of benzene rings is 4. The first-order valence-electron chi connectivity index (χ1n) is 14.4. The molecule has 0 amide bonds. The number of aromatic carboxylic acids is 4. The van der Waals surface area contributed by atoms with E-state index in [2.05, 4.69) is 0 Å². The van der Waals surface area contributed by atoms with Crippen molar-refractivity contribution < 1.29 is 340 Å². The largest absolute Gasteiger partial charge is 3.00 e. The average molecular weight is 1630 g/mol. The number of aromatic hydroxyl groups is 4. The Balaban J connectivity index is -0.0000000251. The number of phenols is 4. The van der Waals surface area contributed by atoms with E-state index in [9.17, 15) is 71.1 Å². The number of hydrogen-bond donors (Lipinski definition) is 8.